The van der Waals surface area contributed by atoms with Gasteiger partial charge in [-0.2, -0.15) is 0 Å². The molecule has 5 heterocycles. The van der Waals surface area contributed by atoms with Gasteiger partial charge >= 0.3 is 0 Å². The third-order valence-electron chi connectivity index (χ3n) is 7.02. The Morgan fingerprint density at radius 1 is 1.03 bits per heavy atom. The molecule has 1 fully saturated rings. The number of hydrogen-bond acceptors (Lipinski definition) is 5. The van der Waals surface area contributed by atoms with Crippen molar-refractivity contribution in [2.24, 2.45) is 5.41 Å². The Kier molecular flexibility index (Phi) is 4.43. The number of anilines is 1. The standard InChI is InChI=1S/C24H22ClFN6/c1-15-19(17-4-8-28-21(25)20(17)26)22-29-9-12-32(22)23(30-15)31-10-5-24(6-11-31)13-16-3-2-7-27-18(16)14-24/h2-4,7-9,12H,5-6,10-11,13-14H2,1H3. The summed E-state index contributed by atoms with van der Waals surface area (Å²) in [7, 11) is 0. The Bertz CT molecular complexity index is 1310. The van der Waals surface area contributed by atoms with Crippen LogP contribution in [0.3, 0.4) is 0 Å². The van der Waals surface area contributed by atoms with E-state index in [-0.39, 0.29) is 5.15 Å². The van der Waals surface area contributed by atoms with Gasteiger partial charge in [0.2, 0.25) is 5.95 Å². The van der Waals surface area contributed by atoms with E-state index in [9.17, 15) is 4.39 Å². The first-order chi connectivity index (χ1) is 15.5. The van der Waals surface area contributed by atoms with E-state index in [1.807, 2.05) is 29.8 Å². The molecule has 6 rings (SSSR count). The highest BCUT2D eigenvalue weighted by atomic mass is 35.5. The molecule has 0 unspecified atom stereocenters. The van der Waals surface area contributed by atoms with E-state index < -0.39 is 5.82 Å². The van der Waals surface area contributed by atoms with Crippen molar-refractivity contribution < 1.29 is 4.39 Å². The second-order valence-electron chi connectivity index (χ2n) is 8.91. The zero-order chi connectivity index (χ0) is 21.9. The Hall–Kier alpha value is -3.06. The van der Waals surface area contributed by atoms with Gasteiger partial charge in [-0.15, -0.1) is 0 Å². The Morgan fingerprint density at radius 2 is 1.88 bits per heavy atom. The summed E-state index contributed by atoms with van der Waals surface area (Å²) in [6, 6.07) is 5.87. The van der Waals surface area contributed by atoms with Crippen LogP contribution < -0.4 is 4.90 Å². The molecule has 0 amide bonds. The second-order valence-corrected chi connectivity index (χ2v) is 9.26. The van der Waals surface area contributed by atoms with Crippen molar-refractivity contribution in [2.75, 3.05) is 18.0 Å². The molecule has 162 valence electrons. The highest BCUT2D eigenvalue weighted by molar-refractivity contribution is 6.29. The van der Waals surface area contributed by atoms with Crippen molar-refractivity contribution in [1.29, 1.82) is 0 Å². The van der Waals surface area contributed by atoms with E-state index in [0.717, 1.165) is 50.4 Å². The topological polar surface area (TPSA) is 59.2 Å². The highest BCUT2D eigenvalue weighted by Crippen LogP contribution is 2.44. The summed E-state index contributed by atoms with van der Waals surface area (Å²) < 4.78 is 16.7. The van der Waals surface area contributed by atoms with Gasteiger partial charge in [-0.1, -0.05) is 17.7 Å². The highest BCUT2D eigenvalue weighted by Gasteiger charge is 2.41. The minimum atomic E-state index is -0.550. The molecule has 0 N–H and O–H groups in total. The summed E-state index contributed by atoms with van der Waals surface area (Å²) in [5.74, 6) is 0.300. The summed E-state index contributed by atoms with van der Waals surface area (Å²) in [5, 5.41) is -0.149. The quantitative estimate of drug-likeness (QED) is 0.417. The van der Waals surface area contributed by atoms with Crippen molar-refractivity contribution in [3.63, 3.8) is 0 Å². The molecule has 8 heteroatoms. The number of hydrogen-bond donors (Lipinski definition) is 0. The number of imidazole rings is 1. The molecular formula is C24H22ClFN6. The lowest BCUT2D eigenvalue weighted by Crippen LogP contribution is -2.42. The van der Waals surface area contributed by atoms with E-state index in [4.69, 9.17) is 16.6 Å². The van der Waals surface area contributed by atoms with Crippen molar-refractivity contribution in [2.45, 2.75) is 32.6 Å². The first-order valence-corrected chi connectivity index (χ1v) is 11.2. The van der Waals surface area contributed by atoms with Crippen molar-refractivity contribution in [3.05, 3.63) is 70.9 Å². The van der Waals surface area contributed by atoms with Crippen LogP contribution in [-0.4, -0.2) is 37.4 Å². The summed E-state index contributed by atoms with van der Waals surface area (Å²) >= 11 is 5.94. The average molecular weight is 449 g/mol. The van der Waals surface area contributed by atoms with Crippen LogP contribution in [-0.2, 0) is 12.8 Å². The maximum absolute atomic E-state index is 14.8. The zero-order valence-corrected chi connectivity index (χ0v) is 18.5. The van der Waals surface area contributed by atoms with Gasteiger partial charge in [0, 0.05) is 54.7 Å². The Labute approximate surface area is 190 Å². The van der Waals surface area contributed by atoms with E-state index >= 15 is 0 Å². The number of nitrogens with zero attached hydrogens (tertiary/aromatic N) is 6. The smallest absolute Gasteiger partial charge is 0.211 e. The van der Waals surface area contributed by atoms with Crippen molar-refractivity contribution >= 4 is 23.2 Å². The predicted molar refractivity (Wildman–Crippen MR) is 121 cm³/mol. The van der Waals surface area contributed by atoms with Gasteiger partial charge in [-0.3, -0.25) is 9.38 Å². The third kappa shape index (κ3) is 2.98. The molecule has 1 aliphatic heterocycles. The van der Waals surface area contributed by atoms with Gasteiger partial charge in [0.25, 0.3) is 0 Å². The fourth-order valence-electron chi connectivity index (χ4n) is 5.37. The van der Waals surface area contributed by atoms with Crippen molar-refractivity contribution in [1.82, 2.24) is 24.3 Å². The first-order valence-electron chi connectivity index (χ1n) is 10.9. The summed E-state index contributed by atoms with van der Waals surface area (Å²) in [5.41, 5.74) is 5.36. The number of aryl methyl sites for hydroxylation is 1. The van der Waals surface area contributed by atoms with Crippen LogP contribution >= 0.6 is 11.6 Å². The summed E-state index contributed by atoms with van der Waals surface area (Å²) in [6.45, 7) is 3.73. The molecule has 6 nitrogen and oxygen atoms in total. The number of rotatable bonds is 2. The van der Waals surface area contributed by atoms with E-state index in [2.05, 4.69) is 25.9 Å². The molecule has 1 saturated heterocycles. The molecule has 1 spiro atoms. The molecule has 0 bridgehead atoms. The molecule has 1 aliphatic carbocycles. The third-order valence-corrected chi connectivity index (χ3v) is 7.29. The summed E-state index contributed by atoms with van der Waals surface area (Å²) in [6.07, 6.45) is 11.4. The monoisotopic (exact) mass is 448 g/mol. The maximum atomic E-state index is 14.8. The van der Waals surface area contributed by atoms with Crippen LogP contribution in [0.4, 0.5) is 10.3 Å². The Balaban J connectivity index is 1.34. The lowest BCUT2D eigenvalue weighted by molar-refractivity contribution is 0.230. The minimum Gasteiger partial charge on any atom is -0.342 e. The largest absolute Gasteiger partial charge is 0.342 e. The first kappa shape index (κ1) is 19.6. The van der Waals surface area contributed by atoms with Crippen molar-refractivity contribution in [3.8, 4) is 11.1 Å². The zero-order valence-electron chi connectivity index (χ0n) is 17.7. The Morgan fingerprint density at radius 3 is 2.69 bits per heavy atom. The lowest BCUT2D eigenvalue weighted by Gasteiger charge is -2.40. The molecular weight excluding hydrogens is 427 g/mol. The molecule has 0 atom stereocenters. The fraction of sp³-hybridized carbons (Fsp3) is 0.333. The number of aromatic nitrogens is 5. The summed E-state index contributed by atoms with van der Waals surface area (Å²) in [4.78, 5) is 20.2. The van der Waals surface area contributed by atoms with E-state index in [1.54, 1.807) is 12.3 Å². The van der Waals surface area contributed by atoms with Gasteiger partial charge < -0.3 is 4.90 Å². The van der Waals surface area contributed by atoms with Crippen LogP contribution in [0.25, 0.3) is 16.8 Å². The van der Waals surface area contributed by atoms with Crippen LogP contribution in [0, 0.1) is 18.2 Å². The molecule has 4 aromatic heterocycles. The minimum absolute atomic E-state index is 0.149. The van der Waals surface area contributed by atoms with Gasteiger partial charge in [0.05, 0.1) is 5.69 Å². The van der Waals surface area contributed by atoms with Crippen LogP contribution in [0.2, 0.25) is 5.15 Å². The maximum Gasteiger partial charge on any atom is 0.211 e. The van der Waals surface area contributed by atoms with E-state index in [0.29, 0.717) is 22.2 Å². The second kappa shape index (κ2) is 7.24. The van der Waals surface area contributed by atoms with Gasteiger partial charge in [0.15, 0.2) is 11.0 Å². The molecule has 2 aliphatic rings. The number of pyridine rings is 2. The lowest BCUT2D eigenvalue weighted by atomic mass is 9.76. The fourth-order valence-corrected chi connectivity index (χ4v) is 5.53. The number of fused-ring (bicyclic) bond motifs is 2. The SMILES string of the molecule is Cc1nc(N2CCC3(CC2)Cc2cccnc2C3)n2ccnc2c1-c1ccnc(Cl)c1F. The van der Waals surface area contributed by atoms with Crippen LogP contribution in [0.5, 0.6) is 0 Å². The van der Waals surface area contributed by atoms with Gasteiger partial charge in [-0.25, -0.2) is 19.3 Å². The number of halogens is 2. The predicted octanol–water partition coefficient (Wildman–Crippen LogP) is 4.67. The molecule has 0 saturated carbocycles. The normalized spacial score (nSPS) is 17.3. The van der Waals surface area contributed by atoms with Gasteiger partial charge in [-0.05, 0) is 55.7 Å². The van der Waals surface area contributed by atoms with Crippen LogP contribution in [0.15, 0.2) is 43.0 Å². The molecule has 32 heavy (non-hydrogen) atoms. The van der Waals surface area contributed by atoms with E-state index in [1.165, 1.54) is 17.5 Å². The number of piperidine rings is 1. The molecule has 0 radical (unpaired) electrons. The molecule has 4 aromatic rings. The molecule has 0 aromatic carbocycles. The van der Waals surface area contributed by atoms with Crippen LogP contribution in [0.1, 0.15) is 29.8 Å². The average Bonchev–Trinajstić information content (AvgIpc) is 3.41. The van der Waals surface area contributed by atoms with Gasteiger partial charge in [0.1, 0.15) is 5.65 Å².